The van der Waals surface area contributed by atoms with Crippen LogP contribution in [-0.2, 0) is 28.5 Å². The summed E-state index contributed by atoms with van der Waals surface area (Å²) in [5.41, 5.74) is 0.653. The summed E-state index contributed by atoms with van der Waals surface area (Å²) in [6.45, 7) is 10.6. The maximum atomic E-state index is 12.2. The molecule has 0 aliphatic rings. The van der Waals surface area contributed by atoms with Crippen molar-refractivity contribution < 1.29 is 33.3 Å². The van der Waals surface area contributed by atoms with E-state index in [0.29, 0.717) is 32.9 Å². The predicted octanol–water partition coefficient (Wildman–Crippen LogP) is 2.19. The van der Waals surface area contributed by atoms with E-state index in [1.54, 1.807) is 0 Å². The highest BCUT2D eigenvalue weighted by atomic mass is 16.6. The van der Waals surface area contributed by atoms with Crippen LogP contribution >= 0.6 is 0 Å². The van der Waals surface area contributed by atoms with E-state index in [2.05, 4.69) is 16.0 Å². The van der Waals surface area contributed by atoms with E-state index in [0.717, 1.165) is 5.56 Å². The van der Waals surface area contributed by atoms with Crippen LogP contribution in [0, 0.1) is 5.41 Å². The summed E-state index contributed by atoms with van der Waals surface area (Å²) >= 11 is 0. The predicted molar refractivity (Wildman–Crippen MR) is 132 cm³/mol. The molecule has 198 valence electrons. The van der Waals surface area contributed by atoms with Crippen LogP contribution < -0.4 is 16.0 Å². The highest BCUT2D eigenvalue weighted by molar-refractivity contribution is 5.77. The smallest absolute Gasteiger partial charge is 0.407 e. The molecule has 0 radical (unpaired) electrons. The van der Waals surface area contributed by atoms with Crippen molar-refractivity contribution in [2.24, 2.45) is 5.41 Å². The maximum absolute atomic E-state index is 12.2. The number of hydrogen-bond donors (Lipinski definition) is 3. The van der Waals surface area contributed by atoms with Gasteiger partial charge in [0.1, 0.15) is 12.7 Å². The van der Waals surface area contributed by atoms with Crippen LogP contribution in [0.3, 0.4) is 0 Å². The third kappa shape index (κ3) is 15.0. The van der Waals surface area contributed by atoms with Crippen LogP contribution in [0.5, 0.6) is 0 Å². The van der Waals surface area contributed by atoms with Gasteiger partial charge in [-0.25, -0.2) is 4.79 Å². The monoisotopic (exact) mass is 495 g/mol. The van der Waals surface area contributed by atoms with Crippen molar-refractivity contribution in [3.63, 3.8) is 0 Å². The van der Waals surface area contributed by atoms with Crippen LogP contribution in [0.25, 0.3) is 0 Å². The van der Waals surface area contributed by atoms with Crippen molar-refractivity contribution >= 4 is 17.9 Å². The van der Waals surface area contributed by atoms with Crippen molar-refractivity contribution in [1.82, 2.24) is 16.0 Å². The van der Waals surface area contributed by atoms with Gasteiger partial charge in [-0.05, 0) is 12.5 Å². The fraction of sp³-hybridized carbons (Fsp3) is 0.640. The molecule has 0 fully saturated rings. The SMILES string of the molecule is CCOCCNC(=O)CCOCCNC(=O)COCCNC(=O)OC(c1ccccc1)C(C)(C)C. The number of carbonyl (C=O) groups is 3. The van der Waals surface area contributed by atoms with Crippen LogP contribution in [-0.4, -0.2) is 77.2 Å². The average molecular weight is 496 g/mol. The fourth-order valence-corrected chi connectivity index (χ4v) is 2.99. The molecule has 10 nitrogen and oxygen atoms in total. The van der Waals surface area contributed by atoms with Gasteiger partial charge in [-0.15, -0.1) is 0 Å². The van der Waals surface area contributed by atoms with Crippen molar-refractivity contribution in [3.05, 3.63) is 35.9 Å². The van der Waals surface area contributed by atoms with Gasteiger partial charge in [0, 0.05) is 38.1 Å². The molecule has 1 atom stereocenters. The van der Waals surface area contributed by atoms with E-state index in [-0.39, 0.29) is 50.0 Å². The molecular weight excluding hydrogens is 454 g/mol. The molecule has 0 heterocycles. The molecule has 1 unspecified atom stereocenters. The summed E-state index contributed by atoms with van der Waals surface area (Å²) in [6.07, 6.45) is -0.685. The molecule has 1 rings (SSSR count). The molecular formula is C25H41N3O7. The first-order chi connectivity index (χ1) is 16.7. The highest BCUT2D eigenvalue weighted by Gasteiger charge is 2.29. The third-order valence-corrected chi connectivity index (χ3v) is 4.68. The number of carbonyl (C=O) groups excluding carboxylic acids is 3. The van der Waals surface area contributed by atoms with Gasteiger partial charge in [0.25, 0.3) is 0 Å². The topological polar surface area (TPSA) is 124 Å². The Hall–Kier alpha value is -2.69. The second kappa shape index (κ2) is 17.7. The molecule has 1 aromatic rings. The number of nitrogens with one attached hydrogen (secondary N) is 3. The number of amides is 3. The van der Waals surface area contributed by atoms with E-state index < -0.39 is 12.2 Å². The van der Waals surface area contributed by atoms with Crippen molar-refractivity contribution in [3.8, 4) is 0 Å². The third-order valence-electron chi connectivity index (χ3n) is 4.68. The van der Waals surface area contributed by atoms with Gasteiger partial charge in [0.2, 0.25) is 11.8 Å². The quantitative estimate of drug-likeness (QED) is 0.283. The lowest BCUT2D eigenvalue weighted by Gasteiger charge is -2.30. The van der Waals surface area contributed by atoms with Gasteiger partial charge in [-0.3, -0.25) is 9.59 Å². The zero-order chi connectivity index (χ0) is 25.9. The zero-order valence-corrected chi connectivity index (χ0v) is 21.4. The first-order valence-electron chi connectivity index (χ1n) is 12.0. The lowest BCUT2D eigenvalue weighted by atomic mass is 9.84. The Balaban J connectivity index is 2.07. The largest absolute Gasteiger partial charge is 0.441 e. The van der Waals surface area contributed by atoms with Crippen LogP contribution in [0.15, 0.2) is 30.3 Å². The van der Waals surface area contributed by atoms with Gasteiger partial charge in [0.15, 0.2) is 0 Å². The van der Waals surface area contributed by atoms with E-state index in [4.69, 9.17) is 18.9 Å². The van der Waals surface area contributed by atoms with E-state index in [1.807, 2.05) is 58.0 Å². The van der Waals surface area contributed by atoms with Gasteiger partial charge in [0.05, 0.1) is 26.4 Å². The number of hydrogen-bond acceptors (Lipinski definition) is 7. The molecule has 3 N–H and O–H groups in total. The minimum Gasteiger partial charge on any atom is -0.441 e. The number of rotatable bonds is 17. The maximum Gasteiger partial charge on any atom is 0.407 e. The van der Waals surface area contributed by atoms with Crippen LogP contribution in [0.1, 0.15) is 45.8 Å². The Bertz CT molecular complexity index is 738. The molecule has 35 heavy (non-hydrogen) atoms. The standard InChI is InChI=1S/C25H41N3O7/c1-5-32-16-12-26-21(29)11-15-33-17-13-27-22(30)19-34-18-14-28-24(31)35-23(25(2,3)4)20-9-7-6-8-10-20/h6-10,23H,5,11-19H2,1-4H3,(H,26,29)(H,27,30)(H,28,31). The Morgan fingerprint density at radius 1 is 0.800 bits per heavy atom. The van der Waals surface area contributed by atoms with E-state index in [9.17, 15) is 14.4 Å². The minimum atomic E-state index is -0.540. The second-order valence-electron chi connectivity index (χ2n) is 8.80. The van der Waals surface area contributed by atoms with Gasteiger partial charge >= 0.3 is 6.09 Å². The molecule has 0 aliphatic heterocycles. The summed E-state index contributed by atoms with van der Waals surface area (Å²) in [4.78, 5) is 35.5. The summed E-state index contributed by atoms with van der Waals surface area (Å²) in [5, 5.41) is 8.03. The molecule has 0 aromatic heterocycles. The molecule has 1 aromatic carbocycles. The average Bonchev–Trinajstić information content (AvgIpc) is 2.82. The number of benzene rings is 1. The Kier molecular flexibility index (Phi) is 15.3. The highest BCUT2D eigenvalue weighted by Crippen LogP contribution is 2.35. The van der Waals surface area contributed by atoms with Crippen molar-refractivity contribution in [2.75, 3.05) is 59.3 Å². The fourth-order valence-electron chi connectivity index (χ4n) is 2.99. The van der Waals surface area contributed by atoms with E-state index >= 15 is 0 Å². The van der Waals surface area contributed by atoms with Gasteiger partial charge < -0.3 is 34.9 Å². The Morgan fingerprint density at radius 2 is 1.40 bits per heavy atom. The summed E-state index contributed by atoms with van der Waals surface area (Å²) < 4.78 is 21.4. The second-order valence-corrected chi connectivity index (χ2v) is 8.80. The van der Waals surface area contributed by atoms with Crippen LogP contribution in [0.2, 0.25) is 0 Å². The minimum absolute atomic E-state index is 0.103. The van der Waals surface area contributed by atoms with Crippen molar-refractivity contribution in [1.29, 1.82) is 0 Å². The molecule has 0 aliphatic carbocycles. The molecule has 0 saturated carbocycles. The first kappa shape index (κ1) is 30.3. The van der Waals surface area contributed by atoms with E-state index in [1.165, 1.54) is 0 Å². The van der Waals surface area contributed by atoms with Crippen molar-refractivity contribution in [2.45, 2.75) is 40.2 Å². The summed E-state index contributed by atoms with van der Waals surface area (Å²) in [6, 6.07) is 9.59. The van der Waals surface area contributed by atoms with Crippen LogP contribution in [0.4, 0.5) is 4.79 Å². The lowest BCUT2D eigenvalue weighted by Crippen LogP contribution is -2.34. The number of ether oxygens (including phenoxy) is 4. The Labute approximate surface area is 208 Å². The number of alkyl carbamates (subject to hydrolysis) is 1. The van der Waals surface area contributed by atoms with Gasteiger partial charge in [-0.1, -0.05) is 51.1 Å². The lowest BCUT2D eigenvalue weighted by molar-refractivity contribution is -0.126. The van der Waals surface area contributed by atoms with Gasteiger partial charge in [-0.2, -0.15) is 0 Å². The molecule has 10 heteroatoms. The molecule has 0 spiro atoms. The summed E-state index contributed by atoms with van der Waals surface area (Å²) in [7, 11) is 0. The molecule has 0 saturated heterocycles. The normalized spacial score (nSPS) is 12.0. The Morgan fingerprint density at radius 3 is 2.06 bits per heavy atom. The molecule has 0 bridgehead atoms. The molecule has 3 amide bonds. The summed E-state index contributed by atoms with van der Waals surface area (Å²) in [5.74, 6) is -0.393. The zero-order valence-electron chi connectivity index (χ0n) is 21.4. The first-order valence-corrected chi connectivity index (χ1v) is 12.0.